The Kier molecular flexibility index (Phi) is 3.88. The van der Waals surface area contributed by atoms with Gasteiger partial charge in [-0.3, -0.25) is 4.79 Å². The number of hydrogen-bond acceptors (Lipinski definition) is 6. The smallest absolute Gasteiger partial charge is 0.252 e. The van der Waals surface area contributed by atoms with Crippen LogP contribution in [0.1, 0.15) is 35.5 Å². The quantitative estimate of drug-likeness (QED) is 0.295. The van der Waals surface area contributed by atoms with Crippen molar-refractivity contribution in [1.29, 1.82) is 0 Å². The fourth-order valence-corrected chi connectivity index (χ4v) is 7.44. The minimum Gasteiger partial charge on any atom is -0.508 e. The normalized spacial score (nSPS) is 26.5. The molecule has 1 saturated heterocycles. The Morgan fingerprint density at radius 3 is 2.76 bits per heavy atom. The standard InChI is InChI=1S/C28H26N4O5/c1-28-26(36-3)16(29-2)10-19(37-28)31-17-8-7-12(33)9-14(17)21-22-15(11-30-27(22)35)20-13-5-4-6-18(34)23(13)32(28)25(20)24(21)31/h4-9,16,19,26,29,33-34H,10-11H2,1-3H3,(H,30,35)/t16-,19-,26-,28+/m0/s1. The number of fused-ring (bicyclic) bond motifs is 13. The topological polar surface area (TPSA) is 110 Å². The molecule has 3 aromatic carbocycles. The molecule has 2 aromatic heterocycles. The lowest BCUT2D eigenvalue weighted by Crippen LogP contribution is -2.59. The van der Waals surface area contributed by atoms with Crippen LogP contribution in [0.3, 0.4) is 0 Å². The van der Waals surface area contributed by atoms with Crippen LogP contribution in [-0.2, 0) is 21.7 Å². The molecule has 0 spiro atoms. The summed E-state index contributed by atoms with van der Waals surface area (Å²) in [5, 5.41) is 31.6. The van der Waals surface area contributed by atoms with Gasteiger partial charge in [-0.05, 0) is 43.8 Å². The number of phenolic OH excluding ortho intramolecular Hbond substituents is 2. The third-order valence-corrected chi connectivity index (χ3v) is 8.77. The first-order chi connectivity index (χ1) is 17.9. The second-order valence-corrected chi connectivity index (χ2v) is 10.5. The highest BCUT2D eigenvalue weighted by Crippen LogP contribution is 2.54. The van der Waals surface area contributed by atoms with E-state index >= 15 is 0 Å². The van der Waals surface area contributed by atoms with Gasteiger partial charge in [0.25, 0.3) is 5.91 Å². The molecule has 2 bridgehead atoms. The van der Waals surface area contributed by atoms with Gasteiger partial charge in [0, 0.05) is 47.7 Å². The summed E-state index contributed by atoms with van der Waals surface area (Å²) in [5.41, 5.74) is 3.81. The number of aromatic nitrogens is 2. The van der Waals surface area contributed by atoms with E-state index in [-0.39, 0.29) is 35.8 Å². The number of carbonyl (C=O) groups excluding carboxylic acids is 1. The van der Waals surface area contributed by atoms with E-state index in [0.717, 1.165) is 43.7 Å². The molecule has 0 unspecified atom stereocenters. The van der Waals surface area contributed by atoms with E-state index in [1.165, 1.54) is 0 Å². The Bertz CT molecular complexity index is 1850. The zero-order chi connectivity index (χ0) is 25.4. The Morgan fingerprint density at radius 1 is 1.14 bits per heavy atom. The molecule has 0 saturated carbocycles. The number of methoxy groups -OCH3 is 1. The number of likely N-dealkylation sites (N-methyl/N-ethyl adjacent to an activating group) is 1. The molecule has 5 heterocycles. The van der Waals surface area contributed by atoms with Gasteiger partial charge in [0.05, 0.1) is 27.6 Å². The molecule has 4 atom stereocenters. The molecule has 0 radical (unpaired) electrons. The van der Waals surface area contributed by atoms with E-state index in [9.17, 15) is 15.0 Å². The molecule has 3 aliphatic rings. The number of ether oxygens (including phenoxy) is 2. The third kappa shape index (κ3) is 2.29. The first-order valence-corrected chi connectivity index (χ1v) is 12.5. The summed E-state index contributed by atoms with van der Waals surface area (Å²) in [6.07, 6.45) is -0.121. The average Bonchev–Trinajstić information content (AvgIpc) is 3.52. The van der Waals surface area contributed by atoms with Crippen molar-refractivity contribution < 1.29 is 24.5 Å². The van der Waals surface area contributed by atoms with E-state index in [2.05, 4.69) is 19.8 Å². The summed E-state index contributed by atoms with van der Waals surface area (Å²) >= 11 is 0. The van der Waals surface area contributed by atoms with Crippen molar-refractivity contribution >= 4 is 49.5 Å². The van der Waals surface area contributed by atoms with Crippen LogP contribution in [0.5, 0.6) is 11.5 Å². The predicted molar refractivity (Wildman–Crippen MR) is 139 cm³/mol. The lowest BCUT2D eigenvalue weighted by molar-refractivity contribution is -0.256. The van der Waals surface area contributed by atoms with Crippen LogP contribution in [0.15, 0.2) is 36.4 Å². The third-order valence-electron chi connectivity index (χ3n) is 8.77. The van der Waals surface area contributed by atoms with Gasteiger partial charge < -0.3 is 39.5 Å². The lowest BCUT2D eigenvalue weighted by Gasteiger charge is -2.48. The number of benzene rings is 3. The maximum atomic E-state index is 13.4. The van der Waals surface area contributed by atoms with E-state index in [0.29, 0.717) is 24.0 Å². The van der Waals surface area contributed by atoms with Crippen LogP contribution in [0, 0.1) is 0 Å². The van der Waals surface area contributed by atoms with Crippen LogP contribution in [-0.4, -0.2) is 51.6 Å². The minimum atomic E-state index is -0.982. The van der Waals surface area contributed by atoms with Crippen molar-refractivity contribution in [2.24, 2.45) is 0 Å². The van der Waals surface area contributed by atoms with Gasteiger partial charge >= 0.3 is 0 Å². The maximum Gasteiger partial charge on any atom is 0.252 e. The molecule has 5 aromatic rings. The minimum absolute atomic E-state index is 0.0545. The van der Waals surface area contributed by atoms with Crippen molar-refractivity contribution in [3.05, 3.63) is 47.5 Å². The monoisotopic (exact) mass is 498 g/mol. The first-order valence-electron chi connectivity index (χ1n) is 12.5. The van der Waals surface area contributed by atoms with Crippen molar-refractivity contribution in [2.45, 2.75) is 44.0 Å². The van der Waals surface area contributed by atoms with E-state index in [4.69, 9.17) is 9.47 Å². The first kappa shape index (κ1) is 21.3. The second kappa shape index (κ2) is 6.74. The van der Waals surface area contributed by atoms with Gasteiger partial charge in [0.1, 0.15) is 23.8 Å². The number of carbonyl (C=O) groups is 1. The molecule has 188 valence electrons. The number of nitrogens with one attached hydrogen (secondary N) is 2. The molecular weight excluding hydrogens is 472 g/mol. The predicted octanol–water partition coefficient (Wildman–Crippen LogP) is 3.77. The summed E-state index contributed by atoms with van der Waals surface area (Å²) in [6, 6.07) is 10.7. The molecule has 1 fully saturated rings. The molecule has 0 aliphatic carbocycles. The number of phenols is 2. The van der Waals surface area contributed by atoms with Gasteiger partial charge in [-0.25, -0.2) is 0 Å². The molecule has 8 rings (SSSR count). The highest BCUT2D eigenvalue weighted by Gasteiger charge is 2.53. The Balaban J connectivity index is 1.74. The second-order valence-electron chi connectivity index (χ2n) is 10.5. The summed E-state index contributed by atoms with van der Waals surface area (Å²) in [6.45, 7) is 2.40. The summed E-state index contributed by atoms with van der Waals surface area (Å²) in [4.78, 5) is 13.4. The lowest BCUT2D eigenvalue weighted by atomic mass is 9.93. The highest BCUT2D eigenvalue weighted by molar-refractivity contribution is 6.31. The van der Waals surface area contributed by atoms with Crippen LogP contribution in [0.25, 0.3) is 43.6 Å². The Hall–Kier alpha value is -3.79. The molecule has 4 N–H and O–H groups in total. The van der Waals surface area contributed by atoms with Gasteiger partial charge in [-0.2, -0.15) is 0 Å². The van der Waals surface area contributed by atoms with Crippen LogP contribution < -0.4 is 10.6 Å². The van der Waals surface area contributed by atoms with E-state index < -0.39 is 5.72 Å². The van der Waals surface area contributed by atoms with Crippen molar-refractivity contribution in [1.82, 2.24) is 19.8 Å². The molecule has 1 amide bonds. The van der Waals surface area contributed by atoms with Crippen molar-refractivity contribution in [3.63, 3.8) is 0 Å². The van der Waals surface area contributed by atoms with Gasteiger partial charge in [-0.1, -0.05) is 12.1 Å². The molecule has 9 nitrogen and oxygen atoms in total. The highest BCUT2D eigenvalue weighted by atomic mass is 16.6. The van der Waals surface area contributed by atoms with Crippen LogP contribution in [0.2, 0.25) is 0 Å². The summed E-state index contributed by atoms with van der Waals surface area (Å²) in [5.74, 6) is 0.136. The van der Waals surface area contributed by atoms with Crippen LogP contribution in [0.4, 0.5) is 0 Å². The fourth-order valence-electron chi connectivity index (χ4n) is 7.44. The van der Waals surface area contributed by atoms with E-state index in [1.54, 1.807) is 25.3 Å². The number of para-hydroxylation sites is 1. The van der Waals surface area contributed by atoms with Gasteiger partial charge in [0.2, 0.25) is 0 Å². The number of nitrogens with zero attached hydrogens (tertiary/aromatic N) is 2. The molecule has 9 heteroatoms. The maximum absolute atomic E-state index is 13.4. The molecule has 3 aliphatic heterocycles. The number of amides is 1. The summed E-state index contributed by atoms with van der Waals surface area (Å²) < 4.78 is 17.4. The number of aromatic hydroxyl groups is 2. The van der Waals surface area contributed by atoms with Crippen LogP contribution >= 0.6 is 0 Å². The fraction of sp³-hybridized carbons (Fsp3) is 0.321. The number of rotatable bonds is 2. The van der Waals surface area contributed by atoms with Crippen molar-refractivity contribution in [2.75, 3.05) is 14.2 Å². The Morgan fingerprint density at radius 2 is 1.97 bits per heavy atom. The van der Waals surface area contributed by atoms with Crippen molar-refractivity contribution in [3.8, 4) is 11.5 Å². The Labute approximate surface area is 211 Å². The average molecular weight is 499 g/mol. The molecular formula is C28H26N4O5. The van der Waals surface area contributed by atoms with Gasteiger partial charge in [-0.15, -0.1) is 0 Å². The summed E-state index contributed by atoms with van der Waals surface area (Å²) in [7, 11) is 3.61. The van der Waals surface area contributed by atoms with E-state index in [1.807, 2.05) is 32.2 Å². The number of hydrogen-bond donors (Lipinski definition) is 4. The largest absolute Gasteiger partial charge is 0.508 e. The van der Waals surface area contributed by atoms with Gasteiger partial charge in [0.15, 0.2) is 5.72 Å². The SMILES string of the molecule is CN[C@H]1C[C@@H]2O[C@](C)([C@H]1OC)n1c3c(O)cccc3c3c4c(c5c6cc(O)ccc6n2c5c31)C(=O)NC4. The zero-order valence-corrected chi connectivity index (χ0v) is 20.6. The zero-order valence-electron chi connectivity index (χ0n) is 20.6. The molecule has 37 heavy (non-hydrogen) atoms.